The van der Waals surface area contributed by atoms with Gasteiger partial charge in [0.2, 0.25) is 0 Å². The Kier molecular flexibility index (Phi) is 3.84. The molecule has 1 aromatic rings. The van der Waals surface area contributed by atoms with Crippen LogP contribution in [0.3, 0.4) is 0 Å². The first-order valence-electron chi connectivity index (χ1n) is 4.61. The number of nitrogens with zero attached hydrogens (tertiary/aromatic N) is 1. The monoisotopic (exact) mass is 257 g/mol. The molecule has 1 N–H and O–H groups in total. The van der Waals surface area contributed by atoms with Crippen molar-refractivity contribution < 1.29 is 22.6 Å². The molecule has 0 radical (unpaired) electrons. The lowest BCUT2D eigenvalue weighted by molar-refractivity contribution is -0.126. The molecule has 0 unspecified atom stereocenters. The van der Waals surface area contributed by atoms with Gasteiger partial charge < -0.3 is 9.39 Å². The fourth-order valence-electron chi connectivity index (χ4n) is 0.954. The first-order valence-corrected chi connectivity index (χ1v) is 6.02. The second-order valence-corrected chi connectivity index (χ2v) is 4.87. The summed E-state index contributed by atoms with van der Waals surface area (Å²) in [4.78, 5) is 11.0. The van der Waals surface area contributed by atoms with E-state index < -0.39 is 21.8 Å². The molecule has 1 aromatic carbocycles. The summed E-state index contributed by atoms with van der Waals surface area (Å²) < 4.78 is 27.4. The topological polar surface area (TPSA) is 93.0 Å². The summed E-state index contributed by atoms with van der Waals surface area (Å²) in [6.45, 7) is 2.93. The molecule has 0 aromatic heterocycles. The summed E-state index contributed by atoms with van der Waals surface area (Å²) in [5.41, 5.74) is 0.434. The van der Waals surface area contributed by atoms with Gasteiger partial charge in [-0.2, -0.15) is 8.42 Å². The molecular weight excluding hydrogens is 246 g/mol. The van der Waals surface area contributed by atoms with Crippen molar-refractivity contribution in [1.29, 1.82) is 0 Å². The zero-order chi connectivity index (χ0) is 13.1. The van der Waals surface area contributed by atoms with Gasteiger partial charge in [-0.05, 0) is 26.0 Å². The second-order valence-electron chi connectivity index (χ2n) is 3.32. The number of hydrogen-bond donors (Lipinski definition) is 1. The van der Waals surface area contributed by atoms with Gasteiger partial charge in [0.25, 0.3) is 0 Å². The minimum atomic E-state index is -4.17. The zero-order valence-corrected chi connectivity index (χ0v) is 10.1. The van der Waals surface area contributed by atoms with Crippen molar-refractivity contribution >= 4 is 21.8 Å². The van der Waals surface area contributed by atoms with Gasteiger partial charge in [-0.15, -0.1) is 0 Å². The van der Waals surface area contributed by atoms with Gasteiger partial charge in [0.1, 0.15) is 4.90 Å². The van der Waals surface area contributed by atoms with Gasteiger partial charge >= 0.3 is 16.1 Å². The number of carbonyl (C=O) groups excluding carboxylic acids is 1. The van der Waals surface area contributed by atoms with Crippen LogP contribution in [-0.4, -0.2) is 25.3 Å². The van der Waals surface area contributed by atoms with E-state index in [2.05, 4.69) is 9.34 Å². The number of aryl methyl sites for hydroxylation is 1. The highest BCUT2D eigenvalue weighted by Crippen LogP contribution is 2.13. The van der Waals surface area contributed by atoms with Crippen LogP contribution in [0.4, 0.5) is 0 Å². The summed E-state index contributed by atoms with van der Waals surface area (Å²) in [7, 11) is -4.17. The molecule has 0 aliphatic rings. The van der Waals surface area contributed by atoms with Crippen molar-refractivity contribution in [3.63, 3.8) is 0 Å². The van der Waals surface area contributed by atoms with Crippen molar-refractivity contribution in [2.75, 3.05) is 0 Å². The molecule has 0 atom stereocenters. The van der Waals surface area contributed by atoms with Crippen LogP contribution in [0.25, 0.3) is 0 Å². The molecule has 1 rings (SSSR count). The van der Waals surface area contributed by atoms with Gasteiger partial charge in [0, 0.05) is 0 Å². The molecule has 0 saturated heterocycles. The van der Waals surface area contributed by atoms with Gasteiger partial charge in [-0.3, -0.25) is 0 Å². The quantitative estimate of drug-likeness (QED) is 0.378. The van der Waals surface area contributed by atoms with Gasteiger partial charge in [-0.1, -0.05) is 22.9 Å². The fourth-order valence-corrected chi connectivity index (χ4v) is 1.84. The molecule has 92 valence electrons. The Hall–Kier alpha value is -1.89. The molecule has 7 heteroatoms. The molecule has 0 saturated carbocycles. The molecule has 0 heterocycles. The van der Waals surface area contributed by atoms with Gasteiger partial charge in [0.15, 0.2) is 5.71 Å². The third kappa shape index (κ3) is 3.28. The maximum Gasteiger partial charge on any atom is 0.371 e. The molecule has 0 spiro atoms. The third-order valence-corrected chi connectivity index (χ3v) is 3.16. The maximum absolute atomic E-state index is 11.6. The number of oxime groups is 1. The van der Waals surface area contributed by atoms with E-state index in [4.69, 9.17) is 5.21 Å². The summed E-state index contributed by atoms with van der Waals surface area (Å²) in [5.74, 6) is -1.21. The molecule has 0 amide bonds. The molecule has 6 nitrogen and oxygen atoms in total. The van der Waals surface area contributed by atoms with Crippen LogP contribution < -0.4 is 0 Å². The van der Waals surface area contributed by atoms with E-state index in [1.54, 1.807) is 19.1 Å². The van der Waals surface area contributed by atoms with Crippen molar-refractivity contribution in [1.82, 2.24) is 0 Å². The summed E-state index contributed by atoms with van der Waals surface area (Å²) in [6, 6.07) is 5.80. The predicted octanol–water partition coefficient (Wildman–Crippen LogP) is 1.08. The first kappa shape index (κ1) is 13.2. The van der Waals surface area contributed by atoms with Crippen molar-refractivity contribution in [3.05, 3.63) is 29.8 Å². The Morgan fingerprint density at radius 2 is 1.82 bits per heavy atom. The van der Waals surface area contributed by atoms with Crippen LogP contribution in [0.5, 0.6) is 0 Å². The first-order chi connectivity index (χ1) is 7.86. The zero-order valence-electron chi connectivity index (χ0n) is 9.25. The smallest absolute Gasteiger partial charge is 0.371 e. The summed E-state index contributed by atoms with van der Waals surface area (Å²) in [5, 5.41) is 10.9. The fraction of sp³-hybridized carbons (Fsp3) is 0.200. The Balaban J connectivity index is 2.97. The SMILES string of the molecule is CC(=NO)C(=O)OS(=O)(=O)c1ccc(C)cc1. The summed E-state index contributed by atoms with van der Waals surface area (Å²) in [6.07, 6.45) is 0. The second kappa shape index (κ2) is 4.96. The van der Waals surface area contributed by atoms with Crippen LogP contribution in [0, 0.1) is 6.92 Å². The molecule has 0 aliphatic carbocycles. The lowest BCUT2D eigenvalue weighted by atomic mass is 10.2. The van der Waals surface area contributed by atoms with Crippen LogP contribution in [0.1, 0.15) is 12.5 Å². The molecule has 0 fully saturated rings. The number of benzene rings is 1. The lowest BCUT2D eigenvalue weighted by Crippen LogP contribution is -2.19. The van der Waals surface area contributed by atoms with Crippen LogP contribution in [-0.2, 0) is 19.1 Å². The predicted molar refractivity (Wildman–Crippen MR) is 59.4 cm³/mol. The highest BCUT2D eigenvalue weighted by atomic mass is 32.2. The van der Waals surface area contributed by atoms with Crippen LogP contribution in [0.15, 0.2) is 34.3 Å². The van der Waals surface area contributed by atoms with Crippen LogP contribution >= 0.6 is 0 Å². The van der Waals surface area contributed by atoms with Crippen molar-refractivity contribution in [2.24, 2.45) is 5.16 Å². The Bertz CT molecular complexity index is 545. The Morgan fingerprint density at radius 3 is 2.29 bits per heavy atom. The highest BCUT2D eigenvalue weighted by molar-refractivity contribution is 7.87. The van der Waals surface area contributed by atoms with E-state index in [1.807, 2.05) is 0 Å². The van der Waals surface area contributed by atoms with Crippen molar-refractivity contribution in [3.8, 4) is 0 Å². The van der Waals surface area contributed by atoms with E-state index >= 15 is 0 Å². The minimum absolute atomic E-state index is 0.137. The highest BCUT2D eigenvalue weighted by Gasteiger charge is 2.21. The average Bonchev–Trinajstić information content (AvgIpc) is 2.27. The third-order valence-electron chi connectivity index (χ3n) is 1.94. The normalized spacial score (nSPS) is 12.2. The Morgan fingerprint density at radius 1 is 1.29 bits per heavy atom. The number of carbonyl (C=O) groups is 1. The average molecular weight is 257 g/mol. The number of rotatable bonds is 3. The molecular formula is C10H11NO5S. The largest absolute Gasteiger partial charge is 0.410 e. The van der Waals surface area contributed by atoms with Gasteiger partial charge in [0.05, 0.1) is 0 Å². The molecule has 0 bridgehead atoms. The van der Waals surface area contributed by atoms with Crippen LogP contribution in [0.2, 0.25) is 0 Å². The standard InChI is InChI=1S/C10H11NO5S/c1-7-3-5-9(6-4-7)17(14,15)16-10(12)8(2)11-13/h3-6,13H,1-2H3. The lowest BCUT2D eigenvalue weighted by Gasteiger charge is -2.04. The Labute approximate surface area is 98.6 Å². The number of hydrogen-bond acceptors (Lipinski definition) is 6. The van der Waals surface area contributed by atoms with Gasteiger partial charge in [-0.25, -0.2) is 4.79 Å². The van der Waals surface area contributed by atoms with E-state index in [0.717, 1.165) is 12.5 Å². The maximum atomic E-state index is 11.6. The summed E-state index contributed by atoms with van der Waals surface area (Å²) >= 11 is 0. The molecule has 0 aliphatic heterocycles. The van der Waals surface area contributed by atoms with Crippen molar-refractivity contribution in [2.45, 2.75) is 18.7 Å². The van der Waals surface area contributed by atoms with E-state index in [9.17, 15) is 13.2 Å². The van der Waals surface area contributed by atoms with E-state index in [0.29, 0.717) is 0 Å². The van der Waals surface area contributed by atoms with E-state index in [1.165, 1.54) is 12.1 Å². The molecule has 17 heavy (non-hydrogen) atoms. The minimum Gasteiger partial charge on any atom is -0.410 e. The van der Waals surface area contributed by atoms with E-state index in [-0.39, 0.29) is 4.90 Å².